The minimum Gasteiger partial charge on any atom is -0.453 e. The van der Waals surface area contributed by atoms with E-state index in [0.29, 0.717) is 25.1 Å². The third-order valence-corrected chi connectivity index (χ3v) is 12.0. The van der Waals surface area contributed by atoms with Crippen LogP contribution in [0.1, 0.15) is 68.6 Å². The van der Waals surface area contributed by atoms with Crippen LogP contribution in [0.2, 0.25) is 0 Å². The molecule has 61 heavy (non-hydrogen) atoms. The first-order valence-corrected chi connectivity index (χ1v) is 20.9. The number of ether oxygens (including phenoxy) is 2. The number of amides is 4. The number of nitrogens with zero attached hydrogens (tertiary/aromatic N) is 4. The predicted octanol–water partition coefficient (Wildman–Crippen LogP) is 8.17. The van der Waals surface area contributed by atoms with Crippen molar-refractivity contribution >= 4 is 35.4 Å². The van der Waals surface area contributed by atoms with Gasteiger partial charge in [-0.25, -0.2) is 14.6 Å². The molecule has 8 rings (SSSR count). The molecule has 314 valence electrons. The first-order chi connectivity index (χ1) is 29.6. The second-order valence-corrected chi connectivity index (χ2v) is 16.2. The van der Waals surface area contributed by atoms with Crippen LogP contribution in [0.4, 0.5) is 15.3 Å². The van der Waals surface area contributed by atoms with Gasteiger partial charge in [0.1, 0.15) is 17.9 Å². The van der Waals surface area contributed by atoms with E-state index in [1.165, 1.54) is 14.2 Å². The molecule has 0 unspecified atom stereocenters. The predicted molar refractivity (Wildman–Crippen MR) is 233 cm³/mol. The minimum atomic E-state index is -0.854. The van der Waals surface area contributed by atoms with Gasteiger partial charge in [0.15, 0.2) is 0 Å². The minimum absolute atomic E-state index is 0.104. The average Bonchev–Trinajstić information content (AvgIpc) is 4.13. The molecule has 4 atom stereocenters. The summed E-state index contributed by atoms with van der Waals surface area (Å²) in [5, 5.41) is 5.45. The molecule has 4 heterocycles. The highest BCUT2D eigenvalue weighted by Gasteiger charge is 2.39. The van der Waals surface area contributed by atoms with E-state index in [-0.39, 0.29) is 29.8 Å². The number of likely N-dealkylation sites (tertiary alicyclic amines) is 2. The van der Waals surface area contributed by atoms with Crippen LogP contribution < -0.4 is 10.6 Å². The number of hydrogen-bond acceptors (Lipinski definition) is 8. The number of aromatic amines is 1. The number of aromatic nitrogens is 2. The number of H-pyrrole nitrogens is 1. The summed E-state index contributed by atoms with van der Waals surface area (Å²) in [6.45, 7) is 5.00. The third-order valence-electron chi connectivity index (χ3n) is 12.0. The highest BCUT2D eigenvalue weighted by molar-refractivity contribution is 6.01. The maximum atomic E-state index is 14.0. The van der Waals surface area contributed by atoms with Crippen molar-refractivity contribution in [1.82, 2.24) is 30.4 Å². The molecule has 0 radical (unpaired) electrons. The van der Waals surface area contributed by atoms with Crippen molar-refractivity contribution in [3.63, 3.8) is 0 Å². The maximum absolute atomic E-state index is 14.0. The molecule has 0 bridgehead atoms. The highest BCUT2D eigenvalue weighted by atomic mass is 16.5. The number of alkyl carbamates (subject to hydrolysis) is 2. The van der Waals surface area contributed by atoms with E-state index in [0.717, 1.165) is 82.0 Å². The number of aliphatic imine (C=N–C) groups is 1. The maximum Gasteiger partial charge on any atom is 0.407 e. The van der Waals surface area contributed by atoms with Crippen molar-refractivity contribution in [3.05, 3.63) is 120 Å². The summed E-state index contributed by atoms with van der Waals surface area (Å²) in [7, 11) is 2.59. The van der Waals surface area contributed by atoms with Gasteiger partial charge in [0.25, 0.3) is 0 Å². The number of fused-ring (bicyclic) bond motifs is 1. The largest absolute Gasteiger partial charge is 0.453 e. The summed E-state index contributed by atoms with van der Waals surface area (Å²) >= 11 is 0. The molecule has 4 aromatic carbocycles. The summed E-state index contributed by atoms with van der Waals surface area (Å²) in [6, 6.07) is 30.6. The molecule has 13 heteroatoms. The molecule has 0 aliphatic carbocycles. The van der Waals surface area contributed by atoms with Crippen molar-refractivity contribution < 1.29 is 28.7 Å². The van der Waals surface area contributed by atoms with Crippen LogP contribution >= 0.6 is 0 Å². The fourth-order valence-corrected chi connectivity index (χ4v) is 8.79. The first kappa shape index (κ1) is 41.0. The molecule has 0 saturated carbocycles. The summed E-state index contributed by atoms with van der Waals surface area (Å²) in [6.07, 6.45) is 4.50. The van der Waals surface area contributed by atoms with Gasteiger partial charge in [-0.05, 0) is 82.7 Å². The zero-order valence-corrected chi connectivity index (χ0v) is 34.9. The van der Waals surface area contributed by atoms with Gasteiger partial charge >= 0.3 is 12.2 Å². The number of benzene rings is 4. The van der Waals surface area contributed by atoms with E-state index < -0.39 is 24.3 Å². The Morgan fingerprint density at radius 2 is 1.28 bits per heavy atom. The SMILES string of the molecule is COC(=O)N[C@H](C(=O)N1CCC[C@H]1c1ncc(-c2ccc(-c3ccc(-c4ccc5c(c4)CC([C@@H]4CCCN4C(=O)[C@H](NC(=O)OC)c4ccccc4)=N5)cc3)cc2)[nH]1)C(C)C. The molecule has 5 aromatic rings. The lowest BCUT2D eigenvalue weighted by Crippen LogP contribution is -2.51. The summed E-state index contributed by atoms with van der Waals surface area (Å²) in [5.74, 6) is 0.320. The Morgan fingerprint density at radius 1 is 0.705 bits per heavy atom. The summed E-state index contributed by atoms with van der Waals surface area (Å²) in [4.78, 5) is 68.7. The lowest BCUT2D eigenvalue weighted by Gasteiger charge is -2.30. The Labute approximate surface area is 355 Å². The van der Waals surface area contributed by atoms with Crippen molar-refractivity contribution in [3.8, 4) is 33.5 Å². The van der Waals surface area contributed by atoms with Crippen LogP contribution in [0.3, 0.4) is 0 Å². The average molecular weight is 822 g/mol. The Morgan fingerprint density at radius 3 is 1.92 bits per heavy atom. The van der Waals surface area contributed by atoms with Crippen LogP contribution in [0.5, 0.6) is 0 Å². The fraction of sp³-hybridized carbons (Fsp3) is 0.333. The van der Waals surface area contributed by atoms with Gasteiger partial charge in [-0.2, -0.15) is 0 Å². The molecule has 2 saturated heterocycles. The van der Waals surface area contributed by atoms with Crippen molar-refractivity contribution in [2.75, 3.05) is 27.3 Å². The quantitative estimate of drug-likeness (QED) is 0.121. The second-order valence-electron chi connectivity index (χ2n) is 16.2. The smallest absolute Gasteiger partial charge is 0.407 e. The normalized spacial score (nSPS) is 18.0. The second kappa shape index (κ2) is 17.8. The Hall–Kier alpha value is -6.76. The van der Waals surface area contributed by atoms with E-state index in [1.807, 2.05) is 60.2 Å². The zero-order chi connectivity index (χ0) is 42.6. The van der Waals surface area contributed by atoms with Gasteiger partial charge in [0, 0.05) is 25.2 Å². The van der Waals surface area contributed by atoms with Crippen LogP contribution in [0.15, 0.2) is 108 Å². The number of rotatable bonds is 11. The van der Waals surface area contributed by atoms with Crippen LogP contribution in [-0.4, -0.2) is 88.9 Å². The van der Waals surface area contributed by atoms with E-state index in [9.17, 15) is 19.2 Å². The fourth-order valence-electron chi connectivity index (χ4n) is 8.79. The molecular formula is C48H51N7O6. The van der Waals surface area contributed by atoms with Gasteiger partial charge < -0.3 is 34.9 Å². The summed E-state index contributed by atoms with van der Waals surface area (Å²) in [5.41, 5.74) is 9.94. The van der Waals surface area contributed by atoms with Crippen molar-refractivity contribution in [2.45, 2.75) is 70.1 Å². The molecule has 1 aromatic heterocycles. The molecule has 13 nitrogen and oxygen atoms in total. The van der Waals surface area contributed by atoms with E-state index in [4.69, 9.17) is 19.5 Å². The van der Waals surface area contributed by atoms with Crippen LogP contribution in [-0.2, 0) is 25.5 Å². The van der Waals surface area contributed by atoms with Crippen LogP contribution in [0.25, 0.3) is 33.5 Å². The Bertz CT molecular complexity index is 2430. The lowest BCUT2D eigenvalue weighted by atomic mass is 9.96. The Kier molecular flexibility index (Phi) is 12.0. The number of carbonyl (C=O) groups is 4. The van der Waals surface area contributed by atoms with Gasteiger partial charge in [-0.3, -0.25) is 14.6 Å². The molecule has 2 fully saturated rings. The molecular weight excluding hydrogens is 771 g/mol. The number of methoxy groups -OCH3 is 2. The van der Waals surface area contributed by atoms with E-state index >= 15 is 0 Å². The van der Waals surface area contributed by atoms with Crippen molar-refractivity contribution in [1.29, 1.82) is 0 Å². The number of imidazole rings is 1. The first-order valence-electron chi connectivity index (χ1n) is 20.9. The standard InChI is InChI=1S/C48H51N7O6/c1-29(2)42(52-47(58)60-3)45(56)55-25-9-13-41(55)44-49-28-39(51-44)33-20-18-31(19-21-33)30-14-16-32(17-15-30)35-22-23-37-36(26-35)27-38(50-37)40-12-8-24-54(40)46(57)43(53-48(59)61-4)34-10-6-5-7-11-34/h5-7,10-11,14-23,26,28-29,40-43H,8-9,12-13,24-25,27H2,1-4H3,(H,49,51)(H,52,58)(H,53,59)/t40-,41-,42-,43+/m0/s1. The van der Waals surface area contributed by atoms with Gasteiger partial charge in [0.2, 0.25) is 11.8 Å². The zero-order valence-electron chi connectivity index (χ0n) is 34.9. The Balaban J connectivity index is 0.911. The molecule has 4 amide bonds. The van der Waals surface area contributed by atoms with Gasteiger partial charge in [-0.15, -0.1) is 0 Å². The molecule has 3 N–H and O–H groups in total. The van der Waals surface area contributed by atoms with Gasteiger partial charge in [0.05, 0.1) is 43.9 Å². The molecule has 0 spiro atoms. The molecule has 3 aliphatic heterocycles. The number of nitrogens with one attached hydrogen (secondary N) is 3. The monoisotopic (exact) mass is 821 g/mol. The number of carbonyl (C=O) groups excluding carboxylic acids is 4. The lowest BCUT2D eigenvalue weighted by molar-refractivity contribution is -0.135. The highest BCUT2D eigenvalue weighted by Crippen LogP contribution is 2.37. The molecule has 3 aliphatic rings. The third kappa shape index (κ3) is 8.63. The van der Waals surface area contributed by atoms with Gasteiger partial charge in [-0.1, -0.05) is 98.8 Å². The van der Waals surface area contributed by atoms with E-state index in [1.54, 1.807) is 0 Å². The van der Waals surface area contributed by atoms with Crippen molar-refractivity contribution in [2.24, 2.45) is 10.9 Å². The topological polar surface area (TPSA) is 158 Å². The van der Waals surface area contributed by atoms with E-state index in [2.05, 4.69) is 82.3 Å². The summed E-state index contributed by atoms with van der Waals surface area (Å²) < 4.78 is 9.62. The van der Waals surface area contributed by atoms with Crippen LogP contribution in [0, 0.1) is 5.92 Å². The number of hydrogen-bond donors (Lipinski definition) is 3.